The van der Waals surface area contributed by atoms with E-state index in [9.17, 15) is 19.2 Å². The molecule has 134 valence electrons. The van der Waals surface area contributed by atoms with Crippen LogP contribution in [0.15, 0.2) is 33.9 Å². The van der Waals surface area contributed by atoms with Gasteiger partial charge in [-0.2, -0.15) is 0 Å². The Hall–Kier alpha value is -2.90. The molecule has 0 saturated carbocycles. The van der Waals surface area contributed by atoms with E-state index >= 15 is 0 Å². The summed E-state index contributed by atoms with van der Waals surface area (Å²) in [6.45, 7) is 3.96. The lowest BCUT2D eigenvalue weighted by molar-refractivity contribution is -0.126. The van der Waals surface area contributed by atoms with E-state index in [1.54, 1.807) is 31.2 Å². The van der Waals surface area contributed by atoms with Crippen LogP contribution in [0.1, 0.15) is 20.3 Å². The van der Waals surface area contributed by atoms with Crippen LogP contribution in [0.4, 0.5) is 0 Å². The summed E-state index contributed by atoms with van der Waals surface area (Å²) >= 11 is 0. The van der Waals surface area contributed by atoms with Crippen molar-refractivity contribution >= 4 is 22.7 Å². The lowest BCUT2D eigenvalue weighted by atomic mass is 10.2. The number of aromatic nitrogens is 2. The Morgan fingerprint density at radius 3 is 2.40 bits per heavy atom. The van der Waals surface area contributed by atoms with Crippen molar-refractivity contribution in [2.45, 2.75) is 33.4 Å². The Kier molecular flexibility index (Phi) is 6.10. The van der Waals surface area contributed by atoms with E-state index in [0.717, 1.165) is 11.0 Å². The maximum atomic E-state index is 12.5. The first-order valence-corrected chi connectivity index (χ1v) is 8.25. The van der Waals surface area contributed by atoms with Gasteiger partial charge >= 0.3 is 5.69 Å². The van der Waals surface area contributed by atoms with Crippen molar-refractivity contribution in [3.63, 3.8) is 0 Å². The second kappa shape index (κ2) is 8.27. The number of para-hydroxylation sites is 1. The number of carbonyl (C=O) groups is 2. The van der Waals surface area contributed by atoms with E-state index in [0.29, 0.717) is 17.4 Å². The number of nitrogens with zero attached hydrogens (tertiary/aromatic N) is 2. The molecule has 1 aromatic carbocycles. The van der Waals surface area contributed by atoms with Crippen molar-refractivity contribution in [3.05, 3.63) is 45.1 Å². The van der Waals surface area contributed by atoms with Crippen molar-refractivity contribution in [1.82, 2.24) is 19.8 Å². The van der Waals surface area contributed by atoms with Gasteiger partial charge in [-0.25, -0.2) is 4.79 Å². The Morgan fingerprint density at radius 2 is 1.72 bits per heavy atom. The van der Waals surface area contributed by atoms with Gasteiger partial charge in [0.1, 0.15) is 6.54 Å². The fourth-order valence-corrected chi connectivity index (χ4v) is 2.51. The first kappa shape index (κ1) is 18.4. The summed E-state index contributed by atoms with van der Waals surface area (Å²) in [5.74, 6) is -0.758. The van der Waals surface area contributed by atoms with Crippen LogP contribution in [0.3, 0.4) is 0 Å². The molecule has 0 saturated heterocycles. The average Bonchev–Trinajstić information content (AvgIpc) is 2.62. The predicted octanol–water partition coefficient (Wildman–Crippen LogP) is -0.174. The van der Waals surface area contributed by atoms with Crippen molar-refractivity contribution in [2.24, 2.45) is 0 Å². The van der Waals surface area contributed by atoms with Crippen LogP contribution >= 0.6 is 0 Å². The highest BCUT2D eigenvalue weighted by Crippen LogP contribution is 2.07. The highest BCUT2D eigenvalue weighted by Gasteiger charge is 2.14. The highest BCUT2D eigenvalue weighted by atomic mass is 16.2. The van der Waals surface area contributed by atoms with Crippen LogP contribution in [-0.4, -0.2) is 34.0 Å². The minimum absolute atomic E-state index is 0.154. The number of fused-ring (bicyclic) bond motifs is 1. The highest BCUT2D eigenvalue weighted by molar-refractivity contribution is 5.85. The summed E-state index contributed by atoms with van der Waals surface area (Å²) in [7, 11) is 0. The van der Waals surface area contributed by atoms with Crippen molar-refractivity contribution < 1.29 is 9.59 Å². The molecule has 0 radical (unpaired) electrons. The molecule has 2 N–H and O–H groups in total. The number of carbonyl (C=O) groups excluding carboxylic acids is 2. The van der Waals surface area contributed by atoms with Crippen molar-refractivity contribution in [2.75, 3.05) is 13.1 Å². The smallest absolute Gasteiger partial charge is 0.331 e. The molecule has 2 amide bonds. The van der Waals surface area contributed by atoms with Gasteiger partial charge in [-0.3, -0.25) is 23.5 Å². The summed E-state index contributed by atoms with van der Waals surface area (Å²) < 4.78 is 2.34. The molecule has 8 heteroatoms. The summed E-state index contributed by atoms with van der Waals surface area (Å²) in [6, 6.07) is 6.65. The summed E-state index contributed by atoms with van der Waals surface area (Å²) in [5.41, 5.74) is -0.525. The van der Waals surface area contributed by atoms with Crippen LogP contribution in [0.2, 0.25) is 0 Å². The topological polar surface area (TPSA) is 102 Å². The van der Waals surface area contributed by atoms with Gasteiger partial charge in [0.2, 0.25) is 11.8 Å². The molecular weight excluding hydrogens is 324 g/mol. The monoisotopic (exact) mass is 346 g/mol. The Balaban J connectivity index is 2.26. The van der Waals surface area contributed by atoms with E-state index in [4.69, 9.17) is 0 Å². The van der Waals surface area contributed by atoms with Gasteiger partial charge in [0.25, 0.3) is 5.56 Å². The Bertz CT molecular complexity index is 898. The lowest BCUT2D eigenvalue weighted by Gasteiger charge is -2.13. The van der Waals surface area contributed by atoms with Crippen LogP contribution in [0.5, 0.6) is 0 Å². The average molecular weight is 346 g/mol. The molecule has 2 rings (SSSR count). The normalized spacial score (nSPS) is 10.6. The minimum atomic E-state index is -0.545. The van der Waals surface area contributed by atoms with Gasteiger partial charge in [0.15, 0.2) is 0 Å². The number of rotatable bonds is 7. The molecule has 0 aliphatic carbocycles. The predicted molar refractivity (Wildman–Crippen MR) is 94.5 cm³/mol. The molecular formula is C17H22N4O4. The van der Waals surface area contributed by atoms with Gasteiger partial charge in [0, 0.05) is 13.1 Å². The number of hydrogen-bond acceptors (Lipinski definition) is 4. The standard InChI is InChI=1S/C17H22N4O4/c1-3-9-18-14(22)10-19-15(23)11-21-13-8-6-5-7-12(13)16(24)20(4-2)17(21)25/h5-8H,3-4,9-11H2,1-2H3,(H,18,22)(H,19,23). The SMILES string of the molecule is CCCNC(=O)CNC(=O)Cn1c(=O)n(CC)c(=O)c2ccccc21. The molecule has 2 aromatic rings. The second-order valence-corrected chi connectivity index (χ2v) is 5.56. The molecule has 0 fully saturated rings. The van der Waals surface area contributed by atoms with Crippen LogP contribution in [0, 0.1) is 0 Å². The van der Waals surface area contributed by atoms with Gasteiger partial charge < -0.3 is 10.6 Å². The molecule has 0 unspecified atom stereocenters. The van der Waals surface area contributed by atoms with Crippen LogP contribution in [0.25, 0.3) is 10.9 Å². The third-order valence-electron chi connectivity index (χ3n) is 3.77. The molecule has 25 heavy (non-hydrogen) atoms. The van der Waals surface area contributed by atoms with Gasteiger partial charge in [0.05, 0.1) is 17.4 Å². The molecule has 1 aromatic heterocycles. The molecule has 1 heterocycles. The lowest BCUT2D eigenvalue weighted by Crippen LogP contribution is -2.43. The zero-order valence-electron chi connectivity index (χ0n) is 14.4. The minimum Gasteiger partial charge on any atom is -0.355 e. The molecule has 0 atom stereocenters. The molecule has 0 aliphatic heterocycles. The second-order valence-electron chi connectivity index (χ2n) is 5.56. The van der Waals surface area contributed by atoms with Crippen molar-refractivity contribution in [3.8, 4) is 0 Å². The first-order chi connectivity index (χ1) is 12.0. The number of nitrogens with one attached hydrogen (secondary N) is 2. The zero-order valence-corrected chi connectivity index (χ0v) is 14.4. The van der Waals surface area contributed by atoms with Gasteiger partial charge in [-0.15, -0.1) is 0 Å². The van der Waals surface area contributed by atoms with Crippen LogP contribution in [-0.2, 0) is 22.7 Å². The summed E-state index contributed by atoms with van der Waals surface area (Å²) in [6.07, 6.45) is 0.805. The van der Waals surface area contributed by atoms with E-state index in [1.807, 2.05) is 6.92 Å². The number of amides is 2. The third-order valence-corrected chi connectivity index (χ3v) is 3.77. The molecule has 0 bridgehead atoms. The van der Waals surface area contributed by atoms with E-state index in [2.05, 4.69) is 10.6 Å². The van der Waals surface area contributed by atoms with E-state index in [1.165, 1.54) is 4.57 Å². The molecule has 0 spiro atoms. The first-order valence-electron chi connectivity index (χ1n) is 8.25. The van der Waals surface area contributed by atoms with Crippen molar-refractivity contribution in [1.29, 1.82) is 0 Å². The zero-order chi connectivity index (χ0) is 18.4. The fraction of sp³-hybridized carbons (Fsp3) is 0.412. The number of benzene rings is 1. The third kappa shape index (κ3) is 4.14. The van der Waals surface area contributed by atoms with E-state index < -0.39 is 11.6 Å². The summed E-state index contributed by atoms with van der Waals surface area (Å²) in [4.78, 5) is 48.5. The Labute approximate surface area is 144 Å². The quantitative estimate of drug-likeness (QED) is 0.726. The van der Waals surface area contributed by atoms with Gasteiger partial charge in [-0.05, 0) is 25.5 Å². The van der Waals surface area contributed by atoms with Gasteiger partial charge in [-0.1, -0.05) is 19.1 Å². The molecule has 8 nitrogen and oxygen atoms in total. The largest absolute Gasteiger partial charge is 0.355 e. The van der Waals surface area contributed by atoms with E-state index in [-0.39, 0.29) is 31.1 Å². The molecule has 0 aliphatic rings. The fourth-order valence-electron chi connectivity index (χ4n) is 2.51. The summed E-state index contributed by atoms with van der Waals surface area (Å²) in [5, 5.41) is 5.51. The number of hydrogen-bond donors (Lipinski definition) is 2. The van der Waals surface area contributed by atoms with Crippen LogP contribution < -0.4 is 21.9 Å². The maximum Gasteiger partial charge on any atom is 0.331 e. The maximum absolute atomic E-state index is 12.5. The Morgan fingerprint density at radius 1 is 1.00 bits per heavy atom.